The molecule has 0 spiro atoms. The Balaban J connectivity index is 1.83. The largest absolute Gasteiger partial charge is 0.497 e. The van der Waals surface area contributed by atoms with Crippen LogP contribution in [0.2, 0.25) is 5.02 Å². The Morgan fingerprint density at radius 1 is 0.830 bits per heavy atom. The molecule has 1 N–H and O–H groups in total. The minimum atomic E-state index is -4.31. The summed E-state index contributed by atoms with van der Waals surface area (Å²) in [6.07, 6.45) is 0.902. The van der Waals surface area contributed by atoms with Crippen LogP contribution in [0, 0.1) is 0 Å². The van der Waals surface area contributed by atoms with Crippen molar-refractivity contribution in [3.8, 4) is 11.5 Å². The number of nitrogens with one attached hydrogen (secondary N) is 1. The van der Waals surface area contributed by atoms with Gasteiger partial charge in [-0.25, -0.2) is 8.42 Å². The molecule has 0 saturated heterocycles. The molecule has 2 amide bonds. The molecule has 11 heteroatoms. The second-order valence-electron chi connectivity index (χ2n) is 11.0. The third-order valence-corrected chi connectivity index (χ3v) is 9.84. The van der Waals surface area contributed by atoms with Gasteiger partial charge < -0.3 is 19.7 Å². The molecule has 2 atom stereocenters. The molecule has 0 aliphatic rings. The molecule has 248 valence electrons. The first kappa shape index (κ1) is 35.3. The van der Waals surface area contributed by atoms with Crippen molar-refractivity contribution in [2.24, 2.45) is 0 Å². The van der Waals surface area contributed by atoms with Crippen LogP contribution in [0.1, 0.15) is 31.4 Å². The molecule has 0 heterocycles. The maximum atomic E-state index is 14.6. The third-order valence-electron chi connectivity index (χ3n) is 7.82. The Hall–Kier alpha value is -4.54. The lowest BCUT2D eigenvalue weighted by atomic mass is 10.0. The van der Waals surface area contributed by atoms with Crippen LogP contribution in [-0.4, -0.2) is 58.0 Å². The van der Waals surface area contributed by atoms with Gasteiger partial charge in [0, 0.05) is 24.0 Å². The quantitative estimate of drug-likeness (QED) is 0.163. The Morgan fingerprint density at radius 3 is 2.09 bits per heavy atom. The smallest absolute Gasteiger partial charge is 0.264 e. The van der Waals surface area contributed by atoms with Gasteiger partial charge in [0.05, 0.1) is 24.8 Å². The summed E-state index contributed by atoms with van der Waals surface area (Å²) in [5.74, 6) is -0.179. The number of benzene rings is 4. The molecule has 4 aromatic carbocycles. The number of amides is 2. The molecular formula is C36H40ClN3O6S. The first-order chi connectivity index (χ1) is 22.6. The number of halogens is 1. The zero-order chi connectivity index (χ0) is 34.0. The van der Waals surface area contributed by atoms with Crippen molar-refractivity contribution in [2.45, 2.75) is 50.2 Å². The molecule has 0 aromatic heterocycles. The van der Waals surface area contributed by atoms with Gasteiger partial charge in [-0.3, -0.25) is 13.9 Å². The van der Waals surface area contributed by atoms with Crippen molar-refractivity contribution >= 4 is 39.1 Å². The van der Waals surface area contributed by atoms with Gasteiger partial charge in [-0.2, -0.15) is 0 Å². The van der Waals surface area contributed by atoms with Crippen LogP contribution < -0.4 is 19.1 Å². The summed E-state index contributed by atoms with van der Waals surface area (Å²) in [6, 6.07) is 27.8. The van der Waals surface area contributed by atoms with Crippen LogP contribution in [0.15, 0.2) is 108 Å². The fourth-order valence-electron chi connectivity index (χ4n) is 5.01. The fraction of sp³-hybridized carbons (Fsp3) is 0.278. The average Bonchev–Trinajstić information content (AvgIpc) is 3.09. The molecule has 0 unspecified atom stereocenters. The second kappa shape index (κ2) is 16.3. The van der Waals surface area contributed by atoms with Gasteiger partial charge in [0.25, 0.3) is 10.0 Å². The Kier molecular flexibility index (Phi) is 12.3. The van der Waals surface area contributed by atoms with Gasteiger partial charge in [-0.05, 0) is 73.0 Å². The number of nitrogens with zero attached hydrogens (tertiary/aromatic N) is 2. The van der Waals surface area contributed by atoms with Gasteiger partial charge in [0.15, 0.2) is 0 Å². The molecule has 0 saturated carbocycles. The maximum absolute atomic E-state index is 14.6. The minimum absolute atomic E-state index is 0.0315. The maximum Gasteiger partial charge on any atom is 0.264 e. The molecule has 0 bridgehead atoms. The molecule has 4 rings (SSSR count). The first-order valence-electron chi connectivity index (χ1n) is 15.2. The van der Waals surface area contributed by atoms with E-state index in [9.17, 15) is 18.0 Å². The number of ether oxygens (including phenoxy) is 2. The normalized spacial score (nSPS) is 12.4. The highest BCUT2D eigenvalue weighted by Gasteiger charge is 2.35. The van der Waals surface area contributed by atoms with E-state index in [-0.39, 0.29) is 41.2 Å². The summed E-state index contributed by atoms with van der Waals surface area (Å²) in [5.41, 5.74) is 1.74. The van der Waals surface area contributed by atoms with Crippen molar-refractivity contribution in [1.82, 2.24) is 10.2 Å². The number of para-hydroxylation sites is 2. The Bertz CT molecular complexity index is 1740. The standard InChI is InChI=1S/C36H40ClN3O6S/c1-5-26(2)38-36(42)33(23-27-11-7-6-8-12-27)39(24-28-15-17-29(37)18-16-28)35(41)25-40(32-13-9-10-14-34(32)46-4)47(43,44)31-21-19-30(45-3)20-22-31/h6-22,26,33H,5,23-25H2,1-4H3,(H,38,42)/t26-,33+/m0/s1. The lowest BCUT2D eigenvalue weighted by Crippen LogP contribution is -2.54. The predicted octanol–water partition coefficient (Wildman–Crippen LogP) is 6.11. The Morgan fingerprint density at radius 2 is 1.47 bits per heavy atom. The highest BCUT2D eigenvalue weighted by molar-refractivity contribution is 7.92. The van der Waals surface area contributed by atoms with Crippen LogP contribution in [0.3, 0.4) is 0 Å². The van der Waals surface area contributed by atoms with Gasteiger partial charge in [0.2, 0.25) is 11.8 Å². The highest BCUT2D eigenvalue weighted by atomic mass is 35.5. The number of carbonyl (C=O) groups is 2. The zero-order valence-electron chi connectivity index (χ0n) is 26.9. The number of methoxy groups -OCH3 is 2. The average molecular weight is 678 g/mol. The van der Waals surface area contributed by atoms with Gasteiger partial charge >= 0.3 is 0 Å². The van der Waals surface area contributed by atoms with Crippen molar-refractivity contribution in [3.05, 3.63) is 119 Å². The topological polar surface area (TPSA) is 105 Å². The molecule has 4 aromatic rings. The summed E-state index contributed by atoms with van der Waals surface area (Å²) < 4.78 is 40.4. The molecule has 47 heavy (non-hydrogen) atoms. The van der Waals surface area contributed by atoms with Gasteiger partial charge in [-0.1, -0.05) is 73.1 Å². The minimum Gasteiger partial charge on any atom is -0.497 e. The van der Waals surface area contributed by atoms with Crippen molar-refractivity contribution < 1.29 is 27.5 Å². The van der Waals surface area contributed by atoms with E-state index in [0.29, 0.717) is 17.2 Å². The number of hydrogen-bond acceptors (Lipinski definition) is 6. The van der Waals surface area contributed by atoms with E-state index in [2.05, 4.69) is 5.32 Å². The number of sulfonamides is 1. The number of anilines is 1. The second-order valence-corrected chi connectivity index (χ2v) is 13.3. The van der Waals surface area contributed by atoms with Crippen LogP contribution >= 0.6 is 11.6 Å². The van der Waals surface area contributed by atoms with E-state index >= 15 is 0 Å². The molecule has 0 aliphatic heterocycles. The zero-order valence-corrected chi connectivity index (χ0v) is 28.5. The van der Waals surface area contributed by atoms with E-state index < -0.39 is 28.5 Å². The highest BCUT2D eigenvalue weighted by Crippen LogP contribution is 2.33. The van der Waals surface area contributed by atoms with E-state index in [1.807, 2.05) is 44.2 Å². The summed E-state index contributed by atoms with van der Waals surface area (Å²) in [7, 11) is -1.39. The van der Waals surface area contributed by atoms with Crippen molar-refractivity contribution in [3.63, 3.8) is 0 Å². The first-order valence-corrected chi connectivity index (χ1v) is 17.1. The van der Waals surface area contributed by atoms with E-state index in [1.165, 1.54) is 43.4 Å². The third kappa shape index (κ3) is 9.05. The predicted molar refractivity (Wildman–Crippen MR) is 184 cm³/mol. The fourth-order valence-corrected chi connectivity index (χ4v) is 6.56. The van der Waals surface area contributed by atoms with E-state index in [0.717, 1.165) is 15.4 Å². The van der Waals surface area contributed by atoms with Crippen LogP contribution in [-0.2, 0) is 32.6 Å². The monoisotopic (exact) mass is 677 g/mol. The lowest BCUT2D eigenvalue weighted by molar-refractivity contribution is -0.140. The van der Waals surface area contributed by atoms with Crippen LogP contribution in [0.4, 0.5) is 5.69 Å². The van der Waals surface area contributed by atoms with Crippen LogP contribution in [0.5, 0.6) is 11.5 Å². The molecule has 0 aliphatic carbocycles. The Labute approximate surface area is 282 Å². The number of carbonyl (C=O) groups excluding carboxylic acids is 2. The summed E-state index contributed by atoms with van der Waals surface area (Å²) >= 11 is 6.16. The number of rotatable bonds is 15. The lowest BCUT2D eigenvalue weighted by Gasteiger charge is -2.34. The molecule has 9 nitrogen and oxygen atoms in total. The summed E-state index contributed by atoms with van der Waals surface area (Å²) in [6.45, 7) is 3.28. The van der Waals surface area contributed by atoms with Crippen LogP contribution in [0.25, 0.3) is 0 Å². The van der Waals surface area contributed by atoms with E-state index in [4.69, 9.17) is 21.1 Å². The summed E-state index contributed by atoms with van der Waals surface area (Å²) in [5, 5.41) is 3.56. The summed E-state index contributed by atoms with van der Waals surface area (Å²) in [4.78, 5) is 30.0. The SMILES string of the molecule is CC[C@H](C)NC(=O)[C@@H](Cc1ccccc1)N(Cc1ccc(Cl)cc1)C(=O)CN(c1ccccc1OC)S(=O)(=O)c1ccc(OC)cc1. The molecular weight excluding hydrogens is 638 g/mol. The van der Waals surface area contributed by atoms with Crippen molar-refractivity contribution in [2.75, 3.05) is 25.1 Å². The molecule has 0 fully saturated rings. The number of hydrogen-bond donors (Lipinski definition) is 1. The van der Waals surface area contributed by atoms with Gasteiger partial charge in [-0.15, -0.1) is 0 Å². The van der Waals surface area contributed by atoms with Gasteiger partial charge in [0.1, 0.15) is 24.1 Å². The van der Waals surface area contributed by atoms with Crippen molar-refractivity contribution in [1.29, 1.82) is 0 Å². The van der Waals surface area contributed by atoms with E-state index in [1.54, 1.807) is 48.5 Å². The molecule has 0 radical (unpaired) electrons.